The van der Waals surface area contributed by atoms with E-state index in [0.717, 1.165) is 0 Å². The molecule has 8 nitrogen and oxygen atoms in total. The van der Waals surface area contributed by atoms with Gasteiger partial charge in [0.05, 0.1) is 11.5 Å². The predicted molar refractivity (Wildman–Crippen MR) is 73.6 cm³/mol. The van der Waals surface area contributed by atoms with Crippen LogP contribution in [-0.2, 0) is 6.54 Å². The number of anilines is 2. The molecule has 0 aliphatic carbocycles. The summed E-state index contributed by atoms with van der Waals surface area (Å²) in [5.41, 5.74) is 0.888. The summed E-state index contributed by atoms with van der Waals surface area (Å²) in [6, 6.07) is 5.05. The normalized spacial score (nSPS) is 10.3. The second kappa shape index (κ2) is 6.00. The molecule has 0 saturated heterocycles. The summed E-state index contributed by atoms with van der Waals surface area (Å²) in [5, 5.41) is 20.8. The van der Waals surface area contributed by atoms with E-state index in [2.05, 4.69) is 20.8 Å². The minimum Gasteiger partial charge on any atom is -0.380 e. The smallest absolute Gasteiger partial charge is 0.315 e. The van der Waals surface area contributed by atoms with Gasteiger partial charge < -0.3 is 15.2 Å². The van der Waals surface area contributed by atoms with Crippen LogP contribution in [0.4, 0.5) is 17.1 Å². The van der Waals surface area contributed by atoms with Crippen molar-refractivity contribution in [3.8, 4) is 0 Å². The van der Waals surface area contributed by atoms with Crippen LogP contribution in [0.2, 0.25) is 0 Å². The van der Waals surface area contributed by atoms with Crippen molar-refractivity contribution in [2.45, 2.75) is 20.4 Å². The number of nitrogens with one attached hydrogen (secondary N) is 2. The minimum absolute atomic E-state index is 0.00517. The van der Waals surface area contributed by atoms with Crippen molar-refractivity contribution < 1.29 is 9.45 Å². The number of rotatable bonds is 6. The third-order valence-electron chi connectivity index (χ3n) is 2.59. The van der Waals surface area contributed by atoms with Gasteiger partial charge >= 0.3 is 5.69 Å². The number of benzene rings is 1. The van der Waals surface area contributed by atoms with E-state index >= 15 is 0 Å². The van der Waals surface area contributed by atoms with Crippen molar-refractivity contribution in [1.29, 1.82) is 0 Å². The maximum Gasteiger partial charge on any atom is 0.315 e. The highest BCUT2D eigenvalue weighted by Crippen LogP contribution is 2.32. The Morgan fingerprint density at radius 3 is 2.60 bits per heavy atom. The van der Waals surface area contributed by atoms with Gasteiger partial charge in [-0.3, -0.25) is 10.1 Å². The average Bonchev–Trinajstić information content (AvgIpc) is 2.82. The zero-order valence-corrected chi connectivity index (χ0v) is 11.2. The molecular formula is C12H15N5O3. The molecule has 0 spiro atoms. The van der Waals surface area contributed by atoms with Gasteiger partial charge in [-0.1, -0.05) is 11.2 Å². The molecule has 106 valence electrons. The fraction of sp³-hybridized carbons (Fsp3) is 0.333. The first kappa shape index (κ1) is 13.8. The third-order valence-corrected chi connectivity index (χ3v) is 2.59. The second-order valence-corrected chi connectivity index (χ2v) is 4.08. The van der Waals surface area contributed by atoms with Gasteiger partial charge in [0.25, 0.3) is 0 Å². The highest BCUT2D eigenvalue weighted by atomic mass is 16.6. The molecule has 2 aromatic rings. The van der Waals surface area contributed by atoms with Crippen molar-refractivity contribution in [3.05, 3.63) is 40.0 Å². The molecule has 0 atom stereocenters. The molecule has 1 aromatic carbocycles. The molecule has 0 fully saturated rings. The van der Waals surface area contributed by atoms with E-state index in [1.807, 2.05) is 6.92 Å². The van der Waals surface area contributed by atoms with Gasteiger partial charge in [-0.2, -0.15) is 4.98 Å². The van der Waals surface area contributed by atoms with Crippen LogP contribution in [0.5, 0.6) is 0 Å². The summed E-state index contributed by atoms with van der Waals surface area (Å²) in [4.78, 5) is 14.8. The molecule has 1 aromatic heterocycles. The van der Waals surface area contributed by atoms with Crippen LogP contribution in [0.15, 0.2) is 22.7 Å². The largest absolute Gasteiger partial charge is 0.380 e. The molecule has 0 aliphatic rings. The molecule has 0 aliphatic heterocycles. The molecular weight excluding hydrogens is 262 g/mol. The zero-order chi connectivity index (χ0) is 14.5. The summed E-state index contributed by atoms with van der Waals surface area (Å²) in [6.07, 6.45) is 0. The van der Waals surface area contributed by atoms with E-state index in [-0.39, 0.29) is 12.2 Å². The van der Waals surface area contributed by atoms with E-state index in [1.54, 1.807) is 25.1 Å². The lowest BCUT2D eigenvalue weighted by molar-refractivity contribution is -0.383. The molecule has 2 N–H and O–H groups in total. The number of nitro groups is 1. The first-order valence-electron chi connectivity index (χ1n) is 6.16. The third kappa shape index (κ3) is 3.02. The maximum absolute atomic E-state index is 11.2. The standard InChI is InChI=1S/C12H15N5O3/c1-3-13-9-5-4-6-10(12(9)17(18)19)14-7-11-15-8(2)16-20-11/h4-6,13-14H,3,7H2,1-2H3. The van der Waals surface area contributed by atoms with Gasteiger partial charge in [-0.25, -0.2) is 0 Å². The van der Waals surface area contributed by atoms with Crippen LogP contribution >= 0.6 is 0 Å². The first-order chi connectivity index (χ1) is 9.61. The molecule has 0 unspecified atom stereocenters. The zero-order valence-electron chi connectivity index (χ0n) is 11.2. The van der Waals surface area contributed by atoms with Gasteiger partial charge in [0, 0.05) is 6.54 Å². The van der Waals surface area contributed by atoms with Crippen molar-refractivity contribution in [2.24, 2.45) is 0 Å². The van der Waals surface area contributed by atoms with Gasteiger partial charge in [0.2, 0.25) is 5.89 Å². The minimum atomic E-state index is -0.417. The lowest BCUT2D eigenvalue weighted by Gasteiger charge is -2.09. The molecule has 0 saturated carbocycles. The highest BCUT2D eigenvalue weighted by molar-refractivity contribution is 5.76. The van der Waals surface area contributed by atoms with Crippen LogP contribution in [0, 0.1) is 17.0 Å². The van der Waals surface area contributed by atoms with E-state index in [9.17, 15) is 10.1 Å². The number of aromatic nitrogens is 2. The van der Waals surface area contributed by atoms with E-state index in [1.165, 1.54) is 0 Å². The van der Waals surface area contributed by atoms with Gasteiger partial charge in [-0.15, -0.1) is 0 Å². The highest BCUT2D eigenvalue weighted by Gasteiger charge is 2.19. The molecule has 20 heavy (non-hydrogen) atoms. The fourth-order valence-electron chi connectivity index (χ4n) is 1.80. The molecule has 0 amide bonds. The number of para-hydroxylation sites is 1. The van der Waals surface area contributed by atoms with Gasteiger partial charge in [-0.05, 0) is 26.0 Å². The lowest BCUT2D eigenvalue weighted by atomic mass is 10.2. The van der Waals surface area contributed by atoms with Crippen molar-refractivity contribution in [3.63, 3.8) is 0 Å². The average molecular weight is 277 g/mol. The quantitative estimate of drug-likeness (QED) is 0.616. The summed E-state index contributed by atoms with van der Waals surface area (Å²) in [5.74, 6) is 0.906. The van der Waals surface area contributed by atoms with Gasteiger partial charge in [0.15, 0.2) is 5.82 Å². The second-order valence-electron chi connectivity index (χ2n) is 4.08. The SMILES string of the molecule is CCNc1cccc(NCc2nc(C)no2)c1[N+](=O)[O-]. The monoisotopic (exact) mass is 277 g/mol. The van der Waals surface area contributed by atoms with Crippen LogP contribution in [0.25, 0.3) is 0 Å². The van der Waals surface area contributed by atoms with Crippen molar-refractivity contribution in [2.75, 3.05) is 17.2 Å². The van der Waals surface area contributed by atoms with Crippen molar-refractivity contribution in [1.82, 2.24) is 10.1 Å². The van der Waals surface area contributed by atoms with E-state index in [4.69, 9.17) is 4.52 Å². The molecule has 2 rings (SSSR count). The number of aryl methyl sites for hydroxylation is 1. The molecule has 8 heteroatoms. The van der Waals surface area contributed by atoms with Gasteiger partial charge in [0.1, 0.15) is 11.4 Å². The Balaban J connectivity index is 2.22. The number of nitrogens with zero attached hydrogens (tertiary/aromatic N) is 3. The topological polar surface area (TPSA) is 106 Å². The lowest BCUT2D eigenvalue weighted by Crippen LogP contribution is -2.06. The van der Waals surface area contributed by atoms with Crippen LogP contribution in [0.1, 0.15) is 18.6 Å². The predicted octanol–water partition coefficient (Wildman–Crippen LogP) is 2.33. The Kier molecular flexibility index (Phi) is 4.14. The number of hydrogen-bond donors (Lipinski definition) is 2. The van der Waals surface area contributed by atoms with E-state index < -0.39 is 4.92 Å². The Bertz CT molecular complexity index is 611. The van der Waals surface area contributed by atoms with Crippen LogP contribution in [-0.4, -0.2) is 21.6 Å². The first-order valence-corrected chi connectivity index (χ1v) is 6.16. The maximum atomic E-state index is 11.2. The van der Waals surface area contributed by atoms with Crippen LogP contribution in [0.3, 0.4) is 0 Å². The summed E-state index contributed by atoms with van der Waals surface area (Å²) in [7, 11) is 0. The molecule has 0 radical (unpaired) electrons. The fourth-order valence-corrected chi connectivity index (χ4v) is 1.80. The Morgan fingerprint density at radius 1 is 1.35 bits per heavy atom. The van der Waals surface area contributed by atoms with Crippen LogP contribution < -0.4 is 10.6 Å². The summed E-state index contributed by atoms with van der Waals surface area (Å²) < 4.78 is 4.96. The molecule has 1 heterocycles. The van der Waals surface area contributed by atoms with Crippen molar-refractivity contribution >= 4 is 17.1 Å². The molecule has 0 bridgehead atoms. The number of nitro benzene ring substituents is 1. The van der Waals surface area contributed by atoms with E-state index in [0.29, 0.717) is 29.6 Å². The number of hydrogen-bond acceptors (Lipinski definition) is 7. The summed E-state index contributed by atoms with van der Waals surface area (Å²) >= 11 is 0. The Hall–Kier alpha value is -2.64. The Labute approximate surface area is 115 Å². The summed E-state index contributed by atoms with van der Waals surface area (Å²) in [6.45, 7) is 4.43. The Morgan fingerprint density at radius 2 is 2.05 bits per heavy atom.